The van der Waals surface area contributed by atoms with E-state index >= 15 is 0 Å². The summed E-state index contributed by atoms with van der Waals surface area (Å²) >= 11 is 0. The van der Waals surface area contributed by atoms with Gasteiger partial charge in [-0.1, -0.05) is 65.2 Å². The Balaban J connectivity index is 0.000000186. The molecule has 0 radical (unpaired) electrons. The van der Waals surface area contributed by atoms with Crippen LogP contribution in [0.5, 0.6) is 0 Å². The maximum atomic E-state index is 12.1. The van der Waals surface area contributed by atoms with E-state index in [4.69, 9.17) is 19.3 Å². The second-order valence-corrected chi connectivity index (χ2v) is 11.5. The van der Waals surface area contributed by atoms with E-state index in [1.807, 2.05) is 0 Å². The highest BCUT2D eigenvalue weighted by Crippen LogP contribution is 2.47. The summed E-state index contributed by atoms with van der Waals surface area (Å²) < 4.78 is 20.8. The number of carbonyl (C=O) groups excluding carboxylic acids is 3. The van der Waals surface area contributed by atoms with Crippen LogP contribution in [0.25, 0.3) is 0 Å². The number of rotatable bonds is 13. The van der Waals surface area contributed by atoms with Gasteiger partial charge in [-0.3, -0.25) is 19.2 Å². The Labute approximate surface area is 237 Å². The van der Waals surface area contributed by atoms with Gasteiger partial charge >= 0.3 is 23.9 Å². The molecule has 2 N–H and O–H groups in total. The molecule has 0 spiro atoms. The molecule has 8 unspecified atom stereocenters. The average Bonchev–Trinajstić information content (AvgIpc) is 3.76. The highest BCUT2D eigenvalue weighted by Gasteiger charge is 2.61. The van der Waals surface area contributed by atoms with Crippen molar-refractivity contribution in [1.82, 2.24) is 0 Å². The fourth-order valence-corrected chi connectivity index (χ4v) is 6.49. The number of hydrogen-bond donors (Lipinski definition) is 2. The van der Waals surface area contributed by atoms with Crippen molar-refractivity contribution in [2.45, 2.75) is 128 Å². The smallest absolute Gasteiger partial charge is 0.320 e. The molecule has 4 bridgehead atoms. The van der Waals surface area contributed by atoms with E-state index in [0.717, 1.165) is 51.4 Å². The number of aliphatic hydroxyl groups excluding tert-OH is 1. The first-order valence-electron chi connectivity index (χ1n) is 15.4. The molecule has 5 aliphatic rings. The van der Waals surface area contributed by atoms with Gasteiger partial charge in [-0.05, 0) is 38.5 Å². The van der Waals surface area contributed by atoms with Gasteiger partial charge in [0.25, 0.3) is 0 Å². The first-order valence-corrected chi connectivity index (χ1v) is 15.4. The number of fused-ring (bicyclic) bond motifs is 7. The summed E-state index contributed by atoms with van der Waals surface area (Å²) in [6.45, 7) is 5.10. The van der Waals surface area contributed by atoms with E-state index < -0.39 is 17.8 Å². The Hall–Kier alpha value is -2.04. The van der Waals surface area contributed by atoms with Crippen LogP contribution < -0.4 is 0 Å². The highest BCUT2D eigenvalue weighted by atomic mass is 16.6. The van der Waals surface area contributed by atoms with Gasteiger partial charge < -0.3 is 29.2 Å². The number of esters is 3. The molecule has 10 nitrogen and oxygen atoms in total. The van der Waals surface area contributed by atoms with E-state index in [9.17, 15) is 24.3 Å². The number of cyclic esters (lactones) is 2. The molecular formula is C30H48O10. The minimum atomic E-state index is -0.943. The number of carboxylic acids is 1. The second kappa shape index (κ2) is 16.4. The van der Waals surface area contributed by atoms with Crippen LogP contribution in [0.15, 0.2) is 0 Å². The largest absolute Gasteiger partial charge is 0.481 e. The van der Waals surface area contributed by atoms with Crippen molar-refractivity contribution < 1.29 is 48.3 Å². The zero-order chi connectivity index (χ0) is 29.1. The van der Waals surface area contributed by atoms with Gasteiger partial charge in [0.2, 0.25) is 0 Å². The van der Waals surface area contributed by atoms with E-state index in [-0.39, 0.29) is 54.2 Å². The molecule has 0 saturated carbocycles. The number of ether oxygens (including phenoxy) is 4. The van der Waals surface area contributed by atoms with Crippen LogP contribution in [0.3, 0.4) is 0 Å². The van der Waals surface area contributed by atoms with Gasteiger partial charge in [-0.25, -0.2) is 0 Å². The molecule has 5 aliphatic heterocycles. The molecule has 228 valence electrons. The first kappa shape index (κ1) is 32.5. The third kappa shape index (κ3) is 8.26. The number of carbonyl (C=O) groups is 4. The maximum absolute atomic E-state index is 12.1. The Bertz CT molecular complexity index is 812. The zero-order valence-electron chi connectivity index (χ0n) is 24.1. The van der Waals surface area contributed by atoms with Crippen molar-refractivity contribution in [3.05, 3.63) is 0 Å². The van der Waals surface area contributed by atoms with Gasteiger partial charge in [-0.2, -0.15) is 0 Å². The van der Waals surface area contributed by atoms with Gasteiger partial charge in [-0.15, -0.1) is 0 Å². The monoisotopic (exact) mass is 568 g/mol. The quantitative estimate of drug-likeness (QED) is 0.188. The zero-order valence-corrected chi connectivity index (χ0v) is 24.1. The van der Waals surface area contributed by atoms with Gasteiger partial charge in [0.15, 0.2) is 0 Å². The summed E-state index contributed by atoms with van der Waals surface area (Å²) in [6.07, 6.45) is 14.2. The van der Waals surface area contributed by atoms with Crippen molar-refractivity contribution in [2.24, 2.45) is 23.7 Å². The lowest BCUT2D eigenvalue weighted by Gasteiger charge is -2.23. The molecule has 8 atom stereocenters. The normalized spacial score (nSPS) is 32.6. The Kier molecular flexibility index (Phi) is 13.3. The number of aliphatic hydroxyl groups is 1. The van der Waals surface area contributed by atoms with Crippen molar-refractivity contribution in [3.63, 3.8) is 0 Å². The Morgan fingerprint density at radius 3 is 1.73 bits per heavy atom. The summed E-state index contributed by atoms with van der Waals surface area (Å²) in [5.74, 6) is -3.98. The van der Waals surface area contributed by atoms with Crippen LogP contribution in [0.1, 0.15) is 104 Å². The molecule has 0 aromatic heterocycles. The lowest BCUT2D eigenvalue weighted by Crippen LogP contribution is -2.39. The van der Waals surface area contributed by atoms with Crippen molar-refractivity contribution in [2.75, 3.05) is 13.2 Å². The van der Waals surface area contributed by atoms with Crippen molar-refractivity contribution >= 4 is 23.9 Å². The third-order valence-corrected chi connectivity index (χ3v) is 8.60. The predicted molar refractivity (Wildman–Crippen MR) is 144 cm³/mol. The van der Waals surface area contributed by atoms with Gasteiger partial charge in [0.1, 0.15) is 0 Å². The number of aliphatic carboxylic acids is 1. The summed E-state index contributed by atoms with van der Waals surface area (Å²) in [6, 6.07) is 0. The fourth-order valence-electron chi connectivity index (χ4n) is 6.49. The number of carboxylic acid groups (broad SMARTS) is 1. The molecular weight excluding hydrogens is 520 g/mol. The Morgan fingerprint density at radius 1 is 0.725 bits per heavy atom. The topological polar surface area (TPSA) is 146 Å². The summed E-state index contributed by atoms with van der Waals surface area (Å²) in [7, 11) is 0. The molecule has 10 heteroatoms. The van der Waals surface area contributed by atoms with Gasteiger partial charge in [0.05, 0.1) is 54.7 Å². The standard InChI is InChI=1S/C15H24O5.C8H8O4.C7H16O/c1-2-3-4-5-6-9-19-15(18)13-11-8-7-10(20-11)12(13)14(16)17;9-7-5-3-1-2-4(11-3)6(5)8(10)12-7;1-2-3-4-5-6-7-8/h10-13H,2-9H2,1H3,(H,16,17);3-6H,1-2H2;8H,2-7H2,1H3. The minimum absolute atomic E-state index is 0.0426. The van der Waals surface area contributed by atoms with E-state index in [1.54, 1.807) is 0 Å². The van der Waals surface area contributed by atoms with Crippen LogP contribution in [0, 0.1) is 23.7 Å². The lowest BCUT2D eigenvalue weighted by atomic mass is 9.79. The second-order valence-electron chi connectivity index (χ2n) is 11.5. The summed E-state index contributed by atoms with van der Waals surface area (Å²) in [5, 5.41) is 17.6. The predicted octanol–water partition coefficient (Wildman–Crippen LogP) is 4.19. The fraction of sp³-hybridized carbons (Fsp3) is 0.867. The number of unbranched alkanes of at least 4 members (excludes halogenated alkanes) is 8. The molecule has 0 aliphatic carbocycles. The summed E-state index contributed by atoms with van der Waals surface area (Å²) in [4.78, 5) is 45.6. The molecule has 5 heterocycles. The van der Waals surface area contributed by atoms with Crippen LogP contribution in [0.4, 0.5) is 0 Å². The molecule has 5 fully saturated rings. The molecule has 0 aromatic rings. The summed E-state index contributed by atoms with van der Waals surface area (Å²) in [5.41, 5.74) is 0. The number of hydrogen-bond acceptors (Lipinski definition) is 9. The maximum Gasteiger partial charge on any atom is 0.320 e. The average molecular weight is 569 g/mol. The van der Waals surface area contributed by atoms with Crippen LogP contribution >= 0.6 is 0 Å². The van der Waals surface area contributed by atoms with Crippen molar-refractivity contribution in [1.29, 1.82) is 0 Å². The molecule has 5 rings (SSSR count). The Morgan fingerprint density at radius 2 is 1.20 bits per heavy atom. The first-order chi connectivity index (χ1) is 19.3. The molecule has 40 heavy (non-hydrogen) atoms. The van der Waals surface area contributed by atoms with Crippen LogP contribution in [-0.2, 0) is 38.1 Å². The minimum Gasteiger partial charge on any atom is -0.481 e. The molecule has 0 amide bonds. The molecule has 5 saturated heterocycles. The SMILES string of the molecule is CCCCCCCO.CCCCCCCOC(=O)C1C2CCC(O2)C1C(=O)O.O=C1OC(=O)C2C3CCC(O3)C12. The van der Waals surface area contributed by atoms with E-state index in [0.29, 0.717) is 13.2 Å². The molecule has 0 aromatic carbocycles. The van der Waals surface area contributed by atoms with E-state index in [1.165, 1.54) is 38.5 Å². The third-order valence-electron chi connectivity index (χ3n) is 8.60. The van der Waals surface area contributed by atoms with E-state index in [2.05, 4.69) is 18.6 Å². The highest BCUT2D eigenvalue weighted by molar-refractivity contribution is 5.97. The lowest BCUT2D eigenvalue weighted by molar-refractivity contribution is -0.158. The van der Waals surface area contributed by atoms with Crippen LogP contribution in [0.2, 0.25) is 0 Å². The van der Waals surface area contributed by atoms with Crippen LogP contribution in [-0.4, -0.2) is 71.7 Å². The van der Waals surface area contributed by atoms with Crippen molar-refractivity contribution in [3.8, 4) is 0 Å². The van der Waals surface area contributed by atoms with Gasteiger partial charge in [0, 0.05) is 6.61 Å².